The van der Waals surface area contributed by atoms with Gasteiger partial charge in [0.25, 0.3) is 5.91 Å². The van der Waals surface area contributed by atoms with Crippen LogP contribution >= 0.6 is 12.2 Å². The fourth-order valence-corrected chi connectivity index (χ4v) is 2.40. The largest absolute Gasteiger partial charge is 0.493 e. The van der Waals surface area contributed by atoms with Crippen molar-refractivity contribution >= 4 is 29.1 Å². The summed E-state index contributed by atoms with van der Waals surface area (Å²) in [7, 11) is 0. The second kappa shape index (κ2) is 10.9. The van der Waals surface area contributed by atoms with Gasteiger partial charge in [0.15, 0.2) is 5.11 Å². The second-order valence-corrected chi connectivity index (χ2v) is 6.22. The lowest BCUT2D eigenvalue weighted by Crippen LogP contribution is -2.48. The first-order valence-corrected chi connectivity index (χ1v) is 9.16. The van der Waals surface area contributed by atoms with E-state index in [-0.39, 0.29) is 16.9 Å². The van der Waals surface area contributed by atoms with Crippen LogP contribution in [0.4, 0.5) is 0 Å². The first-order valence-electron chi connectivity index (χ1n) is 8.75. The highest BCUT2D eigenvalue weighted by molar-refractivity contribution is 7.80. The Kier molecular flexibility index (Phi) is 8.25. The number of nitrogens with one attached hydrogen (secondary N) is 3. The fraction of sp³-hybridized carbons (Fsp3) is 0.250. The summed E-state index contributed by atoms with van der Waals surface area (Å²) in [5.41, 5.74) is 6.57. The fourth-order valence-electron chi connectivity index (χ4n) is 2.26. The third-order valence-corrected chi connectivity index (χ3v) is 3.84. The van der Waals surface area contributed by atoms with Crippen molar-refractivity contribution in [1.82, 2.24) is 16.2 Å². The smallest absolute Gasteiger partial charge is 0.257 e. The molecule has 0 saturated carbocycles. The Labute approximate surface area is 164 Å². The predicted molar refractivity (Wildman–Crippen MR) is 108 cm³/mol. The minimum atomic E-state index is -0.368. The summed E-state index contributed by atoms with van der Waals surface area (Å²) in [6.07, 6.45) is 1.93. The molecule has 7 heteroatoms. The molecule has 2 amide bonds. The maximum atomic E-state index is 12.1. The SMILES string of the molecule is CCCC(=O)NNC(=S)NC(=O)c1ccc(OCCc2ccccc2)cc1. The maximum absolute atomic E-state index is 12.1. The van der Waals surface area contributed by atoms with Gasteiger partial charge >= 0.3 is 0 Å². The van der Waals surface area contributed by atoms with Crippen molar-refractivity contribution in [2.24, 2.45) is 0 Å². The van der Waals surface area contributed by atoms with Crippen LogP contribution in [-0.4, -0.2) is 23.5 Å². The summed E-state index contributed by atoms with van der Waals surface area (Å²) in [6.45, 7) is 2.45. The quantitative estimate of drug-likeness (QED) is 0.505. The Hall–Kier alpha value is -2.93. The lowest BCUT2D eigenvalue weighted by atomic mass is 10.2. The molecule has 0 aliphatic carbocycles. The van der Waals surface area contributed by atoms with Crippen LogP contribution in [0, 0.1) is 0 Å². The zero-order valence-electron chi connectivity index (χ0n) is 15.2. The van der Waals surface area contributed by atoms with Crippen molar-refractivity contribution in [2.75, 3.05) is 6.61 Å². The number of carbonyl (C=O) groups is 2. The van der Waals surface area contributed by atoms with E-state index in [1.54, 1.807) is 24.3 Å². The number of hydrogen-bond acceptors (Lipinski definition) is 4. The monoisotopic (exact) mass is 385 g/mol. The van der Waals surface area contributed by atoms with E-state index in [1.807, 2.05) is 25.1 Å². The summed E-state index contributed by atoms with van der Waals surface area (Å²) < 4.78 is 5.70. The van der Waals surface area contributed by atoms with E-state index in [9.17, 15) is 9.59 Å². The highest BCUT2D eigenvalue weighted by Gasteiger charge is 2.08. The maximum Gasteiger partial charge on any atom is 0.257 e. The van der Waals surface area contributed by atoms with E-state index >= 15 is 0 Å². The Morgan fingerprint density at radius 3 is 2.37 bits per heavy atom. The first kappa shape index (κ1) is 20.4. The number of amides is 2. The van der Waals surface area contributed by atoms with Crippen molar-refractivity contribution < 1.29 is 14.3 Å². The third kappa shape index (κ3) is 7.45. The molecule has 2 rings (SSSR count). The number of rotatable bonds is 7. The molecule has 0 radical (unpaired) electrons. The first-order chi connectivity index (χ1) is 13.1. The van der Waals surface area contributed by atoms with Gasteiger partial charge in [-0.3, -0.25) is 25.8 Å². The number of thiocarbonyl (C=S) groups is 1. The van der Waals surface area contributed by atoms with Gasteiger partial charge in [0.2, 0.25) is 5.91 Å². The van der Waals surface area contributed by atoms with E-state index in [4.69, 9.17) is 17.0 Å². The molecule has 6 nitrogen and oxygen atoms in total. The van der Waals surface area contributed by atoms with E-state index in [0.717, 1.165) is 12.8 Å². The van der Waals surface area contributed by atoms with Crippen molar-refractivity contribution in [2.45, 2.75) is 26.2 Å². The van der Waals surface area contributed by atoms with E-state index < -0.39 is 0 Å². The van der Waals surface area contributed by atoms with Crippen LogP contribution in [0.25, 0.3) is 0 Å². The van der Waals surface area contributed by atoms with Crippen LogP contribution in [0.3, 0.4) is 0 Å². The molecule has 142 valence electrons. The number of carbonyl (C=O) groups excluding carboxylic acids is 2. The molecule has 0 saturated heterocycles. The molecule has 0 heterocycles. The molecule has 27 heavy (non-hydrogen) atoms. The number of ether oxygens (including phenoxy) is 1. The van der Waals surface area contributed by atoms with E-state index in [2.05, 4.69) is 28.3 Å². The van der Waals surface area contributed by atoms with Gasteiger partial charge in [0, 0.05) is 18.4 Å². The van der Waals surface area contributed by atoms with E-state index in [1.165, 1.54) is 5.56 Å². The summed E-state index contributed by atoms with van der Waals surface area (Å²) in [5.74, 6) is 0.134. The van der Waals surface area contributed by atoms with Gasteiger partial charge in [0.05, 0.1) is 6.61 Å². The average molecular weight is 385 g/mol. The number of benzene rings is 2. The molecule has 0 bridgehead atoms. The number of hydrazine groups is 1. The lowest BCUT2D eigenvalue weighted by Gasteiger charge is -2.11. The molecule has 3 N–H and O–H groups in total. The van der Waals surface area contributed by atoms with Crippen molar-refractivity contribution in [3.8, 4) is 5.75 Å². The molecular weight excluding hydrogens is 362 g/mol. The normalized spacial score (nSPS) is 9.96. The van der Waals surface area contributed by atoms with Crippen molar-refractivity contribution in [3.05, 3.63) is 65.7 Å². The molecule has 0 aliphatic rings. The standard InChI is InChI=1S/C20H23N3O3S/c1-2-6-18(24)22-23-20(27)21-19(25)16-9-11-17(12-10-16)26-14-13-15-7-4-3-5-8-15/h3-5,7-12H,2,6,13-14H2,1H3,(H,22,24)(H2,21,23,25,27). The Balaban J connectivity index is 1.75. The van der Waals surface area contributed by atoms with Crippen LogP contribution < -0.4 is 20.9 Å². The topological polar surface area (TPSA) is 79.5 Å². The zero-order chi connectivity index (χ0) is 19.5. The molecule has 0 atom stereocenters. The van der Waals surface area contributed by atoms with Crippen LogP contribution in [0.2, 0.25) is 0 Å². The average Bonchev–Trinajstić information content (AvgIpc) is 2.68. The van der Waals surface area contributed by atoms with Gasteiger partial charge in [-0.25, -0.2) is 0 Å². The van der Waals surface area contributed by atoms with E-state index in [0.29, 0.717) is 24.3 Å². The minimum Gasteiger partial charge on any atom is -0.493 e. The second-order valence-electron chi connectivity index (χ2n) is 5.81. The number of hydrogen-bond donors (Lipinski definition) is 3. The van der Waals surface area contributed by atoms with Gasteiger partial charge in [-0.1, -0.05) is 37.3 Å². The molecule has 0 aromatic heterocycles. The van der Waals surface area contributed by atoms with Crippen LogP contribution in [0.15, 0.2) is 54.6 Å². The highest BCUT2D eigenvalue weighted by atomic mass is 32.1. The highest BCUT2D eigenvalue weighted by Crippen LogP contribution is 2.13. The molecule has 2 aromatic carbocycles. The van der Waals surface area contributed by atoms with Gasteiger partial charge in [-0.15, -0.1) is 0 Å². The molecule has 0 spiro atoms. The van der Waals surface area contributed by atoms with Crippen LogP contribution in [-0.2, 0) is 11.2 Å². The van der Waals surface area contributed by atoms with Crippen molar-refractivity contribution in [3.63, 3.8) is 0 Å². The third-order valence-electron chi connectivity index (χ3n) is 3.64. The van der Waals surface area contributed by atoms with Gasteiger partial charge in [0.1, 0.15) is 5.75 Å². The molecule has 0 fully saturated rings. The predicted octanol–water partition coefficient (Wildman–Crippen LogP) is 2.74. The zero-order valence-corrected chi connectivity index (χ0v) is 16.0. The van der Waals surface area contributed by atoms with Gasteiger partial charge < -0.3 is 4.74 Å². The molecule has 0 aliphatic heterocycles. The minimum absolute atomic E-state index is 0.0349. The summed E-state index contributed by atoms with van der Waals surface area (Å²) in [5, 5.41) is 2.54. The van der Waals surface area contributed by atoms with Crippen molar-refractivity contribution in [1.29, 1.82) is 0 Å². The Morgan fingerprint density at radius 2 is 1.70 bits per heavy atom. The summed E-state index contributed by atoms with van der Waals surface area (Å²) >= 11 is 4.98. The summed E-state index contributed by atoms with van der Waals surface area (Å²) in [6, 6.07) is 16.9. The lowest BCUT2D eigenvalue weighted by molar-refractivity contribution is -0.121. The Bertz CT molecular complexity index is 764. The molecular formula is C20H23N3O3S. The summed E-state index contributed by atoms with van der Waals surface area (Å²) in [4.78, 5) is 23.5. The Morgan fingerprint density at radius 1 is 1.00 bits per heavy atom. The molecule has 0 unspecified atom stereocenters. The van der Waals surface area contributed by atoms with Gasteiger partial charge in [-0.05, 0) is 48.5 Å². The van der Waals surface area contributed by atoms with Crippen LogP contribution in [0.1, 0.15) is 35.7 Å². The van der Waals surface area contributed by atoms with Gasteiger partial charge in [-0.2, -0.15) is 0 Å². The molecule has 2 aromatic rings. The van der Waals surface area contributed by atoms with Crippen LogP contribution in [0.5, 0.6) is 5.75 Å².